The average molecular weight is 862 g/mol. The largest absolute Gasteiger partial charge is 0.353 e. The van der Waals surface area contributed by atoms with Crippen molar-refractivity contribution < 1.29 is 19.2 Å². The Labute approximate surface area is 379 Å². The minimum Gasteiger partial charge on any atom is -0.353 e. The van der Waals surface area contributed by atoms with Crippen LogP contribution in [0.5, 0.6) is 0 Å². The zero-order valence-corrected chi connectivity index (χ0v) is 39.8. The SMILES string of the molecule is CCCCCCCC/C=C\CCCCCCCC(=O)NCC(NC(=O)CCCCCCC/C=C\CCCCCCCC)C(=O)NCC/N=C\C(Cc1ccccc1)NC(=O)CC. The summed E-state index contributed by atoms with van der Waals surface area (Å²) in [6.07, 6.45) is 43.9. The van der Waals surface area contributed by atoms with Gasteiger partial charge in [0.1, 0.15) is 6.04 Å². The Hall–Kier alpha value is -3.75. The molecule has 0 aromatic heterocycles. The van der Waals surface area contributed by atoms with Crippen molar-refractivity contribution in [2.75, 3.05) is 19.6 Å². The van der Waals surface area contributed by atoms with Crippen molar-refractivity contribution in [3.8, 4) is 0 Å². The molecular formula is C53H91N5O4. The molecule has 0 aliphatic carbocycles. The van der Waals surface area contributed by atoms with E-state index in [0.717, 1.165) is 63.4 Å². The molecule has 0 saturated carbocycles. The number of hydrogen-bond acceptors (Lipinski definition) is 5. The van der Waals surface area contributed by atoms with Gasteiger partial charge >= 0.3 is 0 Å². The lowest BCUT2D eigenvalue weighted by atomic mass is 10.1. The van der Waals surface area contributed by atoms with Gasteiger partial charge in [-0.15, -0.1) is 0 Å². The Kier molecular flexibility index (Phi) is 38.6. The average Bonchev–Trinajstić information content (AvgIpc) is 3.27. The summed E-state index contributed by atoms with van der Waals surface area (Å²) in [6.45, 7) is 6.95. The molecule has 4 amide bonds. The lowest BCUT2D eigenvalue weighted by Gasteiger charge is -2.19. The topological polar surface area (TPSA) is 129 Å². The molecule has 0 heterocycles. The Morgan fingerprint density at radius 2 is 1.00 bits per heavy atom. The van der Waals surface area contributed by atoms with Crippen LogP contribution in [0.1, 0.15) is 213 Å². The van der Waals surface area contributed by atoms with Crippen molar-refractivity contribution in [2.24, 2.45) is 4.99 Å². The molecule has 0 bridgehead atoms. The summed E-state index contributed by atoms with van der Waals surface area (Å²) in [7, 11) is 0. The van der Waals surface area contributed by atoms with Gasteiger partial charge in [0.2, 0.25) is 23.6 Å². The molecule has 4 N–H and O–H groups in total. The van der Waals surface area contributed by atoms with Crippen LogP contribution in [0, 0.1) is 0 Å². The third-order valence-electron chi connectivity index (χ3n) is 11.3. The van der Waals surface area contributed by atoms with Crippen LogP contribution in [-0.2, 0) is 25.6 Å². The second-order valence-electron chi connectivity index (χ2n) is 17.2. The molecule has 2 unspecified atom stereocenters. The molecule has 0 aliphatic heterocycles. The molecule has 0 aliphatic rings. The Morgan fingerprint density at radius 1 is 0.532 bits per heavy atom. The van der Waals surface area contributed by atoms with E-state index in [1.807, 2.05) is 37.3 Å². The fourth-order valence-electron chi connectivity index (χ4n) is 7.38. The first-order chi connectivity index (χ1) is 30.4. The van der Waals surface area contributed by atoms with E-state index in [0.29, 0.717) is 32.2 Å². The Bertz CT molecular complexity index is 1330. The van der Waals surface area contributed by atoms with Crippen molar-refractivity contribution in [3.05, 3.63) is 60.2 Å². The fraction of sp³-hybridized carbons (Fsp3) is 0.717. The maximum absolute atomic E-state index is 13.3. The number of allylic oxidation sites excluding steroid dienone is 4. The summed E-state index contributed by atoms with van der Waals surface area (Å²) >= 11 is 0. The zero-order chi connectivity index (χ0) is 45.0. The van der Waals surface area contributed by atoms with Crippen LogP contribution in [0.25, 0.3) is 0 Å². The predicted molar refractivity (Wildman–Crippen MR) is 263 cm³/mol. The minimum atomic E-state index is -0.873. The van der Waals surface area contributed by atoms with E-state index in [1.165, 1.54) is 109 Å². The number of aliphatic imine (C=N–C) groups is 1. The number of nitrogens with one attached hydrogen (secondary N) is 4. The maximum atomic E-state index is 13.3. The standard InChI is InChI=1S/C53H91N5O4/c1-4-7-9-11-13-15-17-19-21-23-25-27-29-31-36-40-51(60)56-46-49(58-52(61)41-37-32-30-28-26-24-22-20-18-16-14-12-10-8-5-2)53(62)55-43-42-54-45-48(57-50(59)6-3)44-47-38-34-33-35-39-47/h19-22,33-35,38-39,45,48-49H,4-18,23-32,36-37,40-44,46H2,1-3H3,(H,55,62)(H,56,60)(H,57,59)(H,58,61)/b21-19-,22-20-,54-45-. The highest BCUT2D eigenvalue weighted by atomic mass is 16.2. The summed E-state index contributed by atoms with van der Waals surface area (Å²) < 4.78 is 0. The number of rotatable bonds is 42. The van der Waals surface area contributed by atoms with Gasteiger partial charge in [0.25, 0.3) is 0 Å². The molecule has 0 fully saturated rings. The van der Waals surface area contributed by atoms with Crippen molar-refractivity contribution in [2.45, 2.75) is 225 Å². The molecule has 1 aromatic carbocycles. The maximum Gasteiger partial charge on any atom is 0.244 e. The first-order valence-electron chi connectivity index (χ1n) is 25.4. The summed E-state index contributed by atoms with van der Waals surface area (Å²) in [5.41, 5.74) is 1.09. The third kappa shape index (κ3) is 35.8. The van der Waals surface area contributed by atoms with E-state index in [-0.39, 0.29) is 42.8 Å². The van der Waals surface area contributed by atoms with Gasteiger partial charge in [0.15, 0.2) is 0 Å². The number of carbonyl (C=O) groups excluding carboxylic acids is 4. The van der Waals surface area contributed by atoms with Gasteiger partial charge in [-0.3, -0.25) is 24.2 Å². The van der Waals surface area contributed by atoms with E-state index in [9.17, 15) is 19.2 Å². The van der Waals surface area contributed by atoms with Crippen LogP contribution in [0.4, 0.5) is 0 Å². The van der Waals surface area contributed by atoms with Crippen LogP contribution in [0.15, 0.2) is 59.6 Å². The quantitative estimate of drug-likeness (QED) is 0.0296. The second kappa shape index (κ2) is 42.5. The van der Waals surface area contributed by atoms with E-state index in [2.05, 4.69) is 64.4 Å². The van der Waals surface area contributed by atoms with Crippen LogP contribution >= 0.6 is 0 Å². The van der Waals surface area contributed by atoms with Crippen molar-refractivity contribution in [1.29, 1.82) is 0 Å². The van der Waals surface area contributed by atoms with Gasteiger partial charge in [-0.1, -0.05) is 178 Å². The van der Waals surface area contributed by atoms with E-state index in [4.69, 9.17) is 0 Å². The van der Waals surface area contributed by atoms with Crippen molar-refractivity contribution >= 4 is 29.8 Å². The van der Waals surface area contributed by atoms with E-state index in [1.54, 1.807) is 6.21 Å². The zero-order valence-electron chi connectivity index (χ0n) is 39.8. The Balaban J connectivity index is 2.49. The summed E-state index contributed by atoms with van der Waals surface area (Å²) in [5, 5.41) is 11.7. The first kappa shape index (κ1) is 56.3. The van der Waals surface area contributed by atoms with Gasteiger partial charge in [-0.2, -0.15) is 0 Å². The van der Waals surface area contributed by atoms with Crippen molar-refractivity contribution in [1.82, 2.24) is 21.3 Å². The molecule has 1 rings (SSSR count). The summed E-state index contributed by atoms with van der Waals surface area (Å²) in [5.74, 6) is -0.678. The number of benzene rings is 1. The minimum absolute atomic E-state index is 0.0410. The van der Waals surface area contributed by atoms with Crippen LogP contribution in [0.3, 0.4) is 0 Å². The molecule has 2 atom stereocenters. The number of carbonyl (C=O) groups is 4. The van der Waals surface area contributed by atoms with Gasteiger partial charge < -0.3 is 21.3 Å². The lowest BCUT2D eigenvalue weighted by molar-refractivity contribution is -0.129. The molecule has 62 heavy (non-hydrogen) atoms. The van der Waals surface area contributed by atoms with Crippen molar-refractivity contribution in [3.63, 3.8) is 0 Å². The number of nitrogens with zero attached hydrogens (tertiary/aromatic N) is 1. The van der Waals surface area contributed by atoms with Crippen LogP contribution in [0.2, 0.25) is 0 Å². The Morgan fingerprint density at radius 3 is 1.50 bits per heavy atom. The monoisotopic (exact) mass is 862 g/mol. The predicted octanol–water partition coefficient (Wildman–Crippen LogP) is 12.0. The van der Waals surface area contributed by atoms with Gasteiger partial charge in [-0.25, -0.2) is 0 Å². The molecule has 9 heteroatoms. The van der Waals surface area contributed by atoms with Gasteiger partial charge in [0.05, 0.1) is 12.6 Å². The molecule has 352 valence electrons. The van der Waals surface area contributed by atoms with Gasteiger partial charge in [-0.05, 0) is 76.2 Å². The lowest BCUT2D eigenvalue weighted by Crippen LogP contribution is -2.53. The number of hydrogen-bond donors (Lipinski definition) is 4. The number of amides is 4. The molecule has 0 saturated heterocycles. The highest BCUT2D eigenvalue weighted by molar-refractivity contribution is 5.88. The third-order valence-corrected chi connectivity index (χ3v) is 11.3. The molecule has 1 aromatic rings. The first-order valence-corrected chi connectivity index (χ1v) is 25.4. The van der Waals surface area contributed by atoms with Gasteiger partial charge in [0, 0.05) is 38.6 Å². The summed E-state index contributed by atoms with van der Waals surface area (Å²) in [6, 6.07) is 8.79. The normalized spacial score (nSPS) is 12.6. The summed E-state index contributed by atoms with van der Waals surface area (Å²) in [4.78, 5) is 55.8. The molecule has 9 nitrogen and oxygen atoms in total. The second-order valence-corrected chi connectivity index (χ2v) is 17.2. The molecule has 0 radical (unpaired) electrons. The highest BCUT2D eigenvalue weighted by Gasteiger charge is 2.21. The number of unbranched alkanes of at least 4 members (excludes halogenated alkanes) is 22. The smallest absolute Gasteiger partial charge is 0.244 e. The van der Waals surface area contributed by atoms with E-state index >= 15 is 0 Å². The highest BCUT2D eigenvalue weighted by Crippen LogP contribution is 2.12. The molecule has 0 spiro atoms. The van der Waals surface area contributed by atoms with Crippen LogP contribution in [-0.4, -0.2) is 61.6 Å². The van der Waals surface area contributed by atoms with E-state index < -0.39 is 6.04 Å². The molecular weight excluding hydrogens is 771 g/mol. The fourth-order valence-corrected chi connectivity index (χ4v) is 7.38. The van der Waals surface area contributed by atoms with Crippen LogP contribution < -0.4 is 21.3 Å².